The summed E-state index contributed by atoms with van der Waals surface area (Å²) < 4.78 is 5.37. The first-order valence-electron chi connectivity index (χ1n) is 7.56. The number of fused-ring (bicyclic) bond motifs is 1. The zero-order valence-corrected chi connectivity index (χ0v) is 14.8. The molecule has 2 aromatic carbocycles. The Kier molecular flexibility index (Phi) is 5.06. The normalized spacial score (nSPS) is 12.1. The number of benzene rings is 2. The Bertz CT molecular complexity index is 1000. The number of aromatic amines is 1. The monoisotopic (exact) mass is 376 g/mol. The largest absolute Gasteiger partial charge is 0.454 e. The second-order valence-corrected chi connectivity index (χ2v) is 6.34. The number of H-pyrrole nitrogens is 1. The maximum absolute atomic E-state index is 12.1. The van der Waals surface area contributed by atoms with Crippen molar-refractivity contribution in [3.05, 3.63) is 74.3 Å². The van der Waals surface area contributed by atoms with Gasteiger partial charge in [-0.1, -0.05) is 41.4 Å². The van der Waals surface area contributed by atoms with E-state index >= 15 is 0 Å². The van der Waals surface area contributed by atoms with Gasteiger partial charge in [0.2, 0.25) is 0 Å². The van der Waals surface area contributed by atoms with Crippen LogP contribution in [0.4, 0.5) is 0 Å². The number of rotatable bonds is 4. The summed E-state index contributed by atoms with van der Waals surface area (Å²) in [5.41, 5.74) is 0.966. The van der Waals surface area contributed by atoms with Gasteiger partial charge in [-0.15, -0.1) is 0 Å². The highest BCUT2D eigenvalue weighted by Gasteiger charge is 2.16. The van der Waals surface area contributed by atoms with Gasteiger partial charge in [-0.25, -0.2) is 4.98 Å². The SMILES string of the molecule is C[C@H](OC(=O)Cc1ccc(Cl)c(Cl)c1)c1nc2ccccc2c(=O)[nH]1. The number of esters is 1. The van der Waals surface area contributed by atoms with Crippen molar-refractivity contribution in [1.82, 2.24) is 9.97 Å². The highest BCUT2D eigenvalue weighted by molar-refractivity contribution is 6.42. The van der Waals surface area contributed by atoms with E-state index in [2.05, 4.69) is 9.97 Å². The molecule has 1 heterocycles. The minimum absolute atomic E-state index is 0.0407. The number of hydrogen-bond donors (Lipinski definition) is 1. The molecule has 0 aliphatic carbocycles. The number of hydrogen-bond acceptors (Lipinski definition) is 4. The Hall–Kier alpha value is -2.37. The molecule has 5 nitrogen and oxygen atoms in total. The summed E-state index contributed by atoms with van der Waals surface area (Å²) in [6.45, 7) is 1.65. The summed E-state index contributed by atoms with van der Waals surface area (Å²) in [4.78, 5) is 31.2. The van der Waals surface area contributed by atoms with Crippen LogP contribution in [-0.2, 0) is 16.0 Å². The Balaban J connectivity index is 1.75. The van der Waals surface area contributed by atoms with Crippen LogP contribution in [0.1, 0.15) is 24.4 Å². The molecule has 0 saturated heterocycles. The van der Waals surface area contributed by atoms with E-state index in [4.69, 9.17) is 27.9 Å². The van der Waals surface area contributed by atoms with Crippen LogP contribution in [-0.4, -0.2) is 15.9 Å². The summed E-state index contributed by atoms with van der Waals surface area (Å²) in [7, 11) is 0. The highest BCUT2D eigenvalue weighted by atomic mass is 35.5. The van der Waals surface area contributed by atoms with Crippen molar-refractivity contribution < 1.29 is 9.53 Å². The zero-order chi connectivity index (χ0) is 18.0. The van der Waals surface area contributed by atoms with Crippen molar-refractivity contribution in [2.75, 3.05) is 0 Å². The first kappa shape index (κ1) is 17.5. The van der Waals surface area contributed by atoms with E-state index in [0.717, 1.165) is 0 Å². The third-order valence-electron chi connectivity index (χ3n) is 3.66. The molecule has 25 heavy (non-hydrogen) atoms. The lowest BCUT2D eigenvalue weighted by atomic mass is 10.1. The quantitative estimate of drug-likeness (QED) is 0.696. The van der Waals surface area contributed by atoms with Crippen molar-refractivity contribution in [3.8, 4) is 0 Å². The molecule has 3 aromatic rings. The standard InChI is InChI=1S/C18H14Cl2N2O3/c1-10(17-21-15-5-3-2-4-12(15)18(24)22-17)25-16(23)9-11-6-7-13(19)14(20)8-11/h2-8,10H,9H2,1H3,(H,21,22,24)/t10-/m0/s1. The molecule has 1 atom stereocenters. The topological polar surface area (TPSA) is 72.0 Å². The third kappa shape index (κ3) is 4.00. The van der Waals surface area contributed by atoms with Crippen LogP contribution in [0.5, 0.6) is 0 Å². The van der Waals surface area contributed by atoms with Crippen LogP contribution >= 0.6 is 23.2 Å². The third-order valence-corrected chi connectivity index (χ3v) is 4.40. The Morgan fingerprint density at radius 3 is 2.72 bits per heavy atom. The molecule has 0 amide bonds. The van der Waals surface area contributed by atoms with E-state index in [1.54, 1.807) is 49.4 Å². The van der Waals surface area contributed by atoms with Crippen LogP contribution < -0.4 is 5.56 Å². The maximum Gasteiger partial charge on any atom is 0.310 e. The van der Waals surface area contributed by atoms with Gasteiger partial charge in [0.1, 0.15) is 0 Å². The highest BCUT2D eigenvalue weighted by Crippen LogP contribution is 2.23. The molecule has 0 unspecified atom stereocenters. The lowest BCUT2D eigenvalue weighted by molar-refractivity contribution is -0.148. The summed E-state index contributed by atoms with van der Waals surface area (Å²) in [5, 5.41) is 1.28. The molecule has 7 heteroatoms. The summed E-state index contributed by atoms with van der Waals surface area (Å²) in [6, 6.07) is 11.9. The molecule has 0 spiro atoms. The summed E-state index contributed by atoms with van der Waals surface area (Å²) in [5.74, 6) is -0.159. The molecule has 0 aliphatic rings. The number of ether oxygens (including phenoxy) is 1. The number of aromatic nitrogens is 2. The molecule has 128 valence electrons. The van der Waals surface area contributed by atoms with Gasteiger partial charge >= 0.3 is 5.97 Å². The lowest BCUT2D eigenvalue weighted by Gasteiger charge is -2.13. The van der Waals surface area contributed by atoms with E-state index in [0.29, 0.717) is 32.3 Å². The van der Waals surface area contributed by atoms with Crippen molar-refractivity contribution in [2.24, 2.45) is 0 Å². The number of carbonyl (C=O) groups excluding carboxylic acids is 1. The average molecular weight is 377 g/mol. The van der Waals surface area contributed by atoms with Gasteiger partial charge in [0.05, 0.1) is 27.4 Å². The molecule has 0 aliphatic heterocycles. The minimum atomic E-state index is -0.687. The number of carbonyl (C=O) groups is 1. The van der Waals surface area contributed by atoms with Gasteiger partial charge in [-0.05, 0) is 36.8 Å². The van der Waals surface area contributed by atoms with Gasteiger partial charge in [0.15, 0.2) is 11.9 Å². The first-order valence-corrected chi connectivity index (χ1v) is 8.32. The number of para-hydroxylation sites is 1. The van der Waals surface area contributed by atoms with E-state index in [1.165, 1.54) is 0 Å². The van der Waals surface area contributed by atoms with Crippen LogP contribution in [0.15, 0.2) is 47.3 Å². The smallest absolute Gasteiger partial charge is 0.310 e. The van der Waals surface area contributed by atoms with Crippen LogP contribution in [0.25, 0.3) is 10.9 Å². The van der Waals surface area contributed by atoms with Crippen LogP contribution in [0.3, 0.4) is 0 Å². The predicted molar refractivity (Wildman–Crippen MR) is 97.0 cm³/mol. The molecule has 0 bridgehead atoms. The van der Waals surface area contributed by atoms with Gasteiger partial charge in [0, 0.05) is 0 Å². The fourth-order valence-corrected chi connectivity index (χ4v) is 2.73. The second kappa shape index (κ2) is 7.25. The van der Waals surface area contributed by atoms with E-state index in [-0.39, 0.29) is 12.0 Å². The molecule has 0 saturated carbocycles. The van der Waals surface area contributed by atoms with Gasteiger partial charge in [0.25, 0.3) is 5.56 Å². The summed E-state index contributed by atoms with van der Waals surface area (Å²) >= 11 is 11.8. The Morgan fingerprint density at radius 1 is 1.20 bits per heavy atom. The van der Waals surface area contributed by atoms with Gasteiger partial charge in [-0.2, -0.15) is 0 Å². The fraction of sp³-hybridized carbons (Fsp3) is 0.167. The zero-order valence-electron chi connectivity index (χ0n) is 13.3. The van der Waals surface area contributed by atoms with Crippen molar-refractivity contribution in [3.63, 3.8) is 0 Å². The van der Waals surface area contributed by atoms with Gasteiger partial charge < -0.3 is 9.72 Å². The average Bonchev–Trinajstić information content (AvgIpc) is 2.58. The molecular weight excluding hydrogens is 363 g/mol. The van der Waals surface area contributed by atoms with Crippen LogP contribution in [0.2, 0.25) is 10.0 Å². The maximum atomic E-state index is 12.1. The van der Waals surface area contributed by atoms with E-state index in [1.807, 2.05) is 0 Å². The molecule has 1 aromatic heterocycles. The lowest BCUT2D eigenvalue weighted by Crippen LogP contribution is -2.18. The van der Waals surface area contributed by atoms with E-state index in [9.17, 15) is 9.59 Å². The van der Waals surface area contributed by atoms with Crippen molar-refractivity contribution >= 4 is 40.1 Å². The Labute approximate surface area is 153 Å². The fourth-order valence-electron chi connectivity index (χ4n) is 2.41. The predicted octanol–water partition coefficient (Wildman–Crippen LogP) is 4.08. The van der Waals surface area contributed by atoms with E-state index < -0.39 is 12.1 Å². The molecule has 0 fully saturated rings. The molecule has 0 radical (unpaired) electrons. The second-order valence-electron chi connectivity index (χ2n) is 5.53. The molecule has 3 rings (SSSR count). The molecular formula is C18H14Cl2N2O3. The first-order chi connectivity index (χ1) is 11.9. The Morgan fingerprint density at radius 2 is 1.96 bits per heavy atom. The van der Waals surface area contributed by atoms with Crippen molar-refractivity contribution in [2.45, 2.75) is 19.4 Å². The van der Waals surface area contributed by atoms with Gasteiger partial charge in [-0.3, -0.25) is 9.59 Å². The molecule has 1 N–H and O–H groups in total. The van der Waals surface area contributed by atoms with Crippen LogP contribution in [0, 0.1) is 0 Å². The van der Waals surface area contributed by atoms with Crippen molar-refractivity contribution in [1.29, 1.82) is 0 Å². The number of nitrogens with one attached hydrogen (secondary N) is 1. The number of halogens is 2. The number of nitrogens with zero attached hydrogens (tertiary/aromatic N) is 1. The minimum Gasteiger partial charge on any atom is -0.454 e. The summed E-state index contributed by atoms with van der Waals surface area (Å²) in [6.07, 6.45) is -0.647.